The normalized spacial score (nSPS) is 13.1. The summed E-state index contributed by atoms with van der Waals surface area (Å²) in [4.78, 5) is 0. The summed E-state index contributed by atoms with van der Waals surface area (Å²) in [6, 6.07) is 10.4. The highest BCUT2D eigenvalue weighted by Gasteiger charge is 1.91. The molecule has 0 aliphatic rings. The van der Waals surface area contributed by atoms with Crippen molar-refractivity contribution in [3.8, 4) is 0 Å². The van der Waals surface area contributed by atoms with Gasteiger partial charge in [0, 0.05) is 6.54 Å². The first-order chi connectivity index (χ1) is 8.29. The van der Waals surface area contributed by atoms with Gasteiger partial charge < -0.3 is 10.4 Å². The number of hydrogen-bond donors (Lipinski definition) is 2. The van der Waals surface area contributed by atoms with E-state index in [4.69, 9.17) is 5.11 Å². The summed E-state index contributed by atoms with van der Waals surface area (Å²) in [5.74, 6) is 0. The van der Waals surface area contributed by atoms with Crippen LogP contribution in [0.5, 0.6) is 0 Å². The van der Waals surface area contributed by atoms with Crippen LogP contribution >= 0.6 is 0 Å². The van der Waals surface area contributed by atoms with Crippen LogP contribution in [0.4, 0.5) is 0 Å². The third kappa shape index (κ3) is 7.72. The van der Waals surface area contributed by atoms with Crippen LogP contribution < -0.4 is 5.32 Å². The summed E-state index contributed by atoms with van der Waals surface area (Å²) < 4.78 is 0. The molecule has 0 amide bonds. The lowest BCUT2D eigenvalue weighted by Crippen LogP contribution is -2.14. The molecule has 1 aromatic rings. The van der Waals surface area contributed by atoms with Gasteiger partial charge in [-0.1, -0.05) is 42.5 Å². The summed E-state index contributed by atoms with van der Waals surface area (Å²) >= 11 is 0. The number of aliphatic hydroxyl groups excluding tert-OH is 1. The first-order valence-corrected chi connectivity index (χ1v) is 6.38. The lowest BCUT2D eigenvalue weighted by Gasteiger charge is -2.03. The van der Waals surface area contributed by atoms with Crippen LogP contribution in [0.25, 0.3) is 0 Å². The van der Waals surface area contributed by atoms with Crippen molar-refractivity contribution in [3.05, 3.63) is 48.0 Å². The van der Waals surface area contributed by atoms with Gasteiger partial charge in [-0.2, -0.15) is 0 Å². The molecule has 0 fully saturated rings. The number of benzene rings is 1. The van der Waals surface area contributed by atoms with Crippen molar-refractivity contribution in [2.24, 2.45) is 0 Å². The van der Waals surface area contributed by atoms with E-state index in [0.29, 0.717) is 0 Å². The molecular formula is C15H23NO. The zero-order valence-corrected chi connectivity index (χ0v) is 10.6. The van der Waals surface area contributed by atoms with Gasteiger partial charge in [0.15, 0.2) is 0 Å². The van der Waals surface area contributed by atoms with Crippen molar-refractivity contribution in [1.82, 2.24) is 5.32 Å². The molecule has 0 saturated carbocycles. The number of nitrogens with one attached hydrogen (secondary N) is 1. The Labute approximate surface area is 104 Å². The number of hydrogen-bond acceptors (Lipinski definition) is 2. The highest BCUT2D eigenvalue weighted by molar-refractivity contribution is 5.14. The third-order valence-corrected chi connectivity index (χ3v) is 2.56. The monoisotopic (exact) mass is 233 g/mol. The molecule has 0 saturated heterocycles. The van der Waals surface area contributed by atoms with Crippen LogP contribution in [0.2, 0.25) is 0 Å². The standard InChI is InChI=1S/C15H23NO/c1-14(17)9-5-2-3-8-12-16-13-15-10-6-4-7-11-15/h4-7,9-11,14,16-17H,2-3,8,12-13H2,1H3/b9-5-/t14-/m1/s1. The molecule has 1 aromatic carbocycles. The Balaban J connectivity index is 1.95. The lowest BCUT2D eigenvalue weighted by atomic mass is 10.2. The zero-order valence-electron chi connectivity index (χ0n) is 10.6. The first kappa shape index (κ1) is 13.9. The Bertz CT molecular complexity index is 306. The smallest absolute Gasteiger partial charge is 0.0692 e. The molecule has 2 N–H and O–H groups in total. The third-order valence-electron chi connectivity index (χ3n) is 2.56. The lowest BCUT2D eigenvalue weighted by molar-refractivity contribution is 0.244. The molecule has 94 valence electrons. The highest BCUT2D eigenvalue weighted by Crippen LogP contribution is 1.99. The Morgan fingerprint density at radius 3 is 2.71 bits per heavy atom. The minimum absolute atomic E-state index is 0.314. The molecule has 1 atom stereocenters. The second-order valence-corrected chi connectivity index (χ2v) is 4.33. The quantitative estimate of drug-likeness (QED) is 0.534. The largest absolute Gasteiger partial charge is 0.389 e. The SMILES string of the molecule is C[C@@H](O)/C=C\CCCCNCc1ccccc1. The summed E-state index contributed by atoms with van der Waals surface area (Å²) in [6.45, 7) is 3.78. The van der Waals surface area contributed by atoms with Crippen LogP contribution in [0, 0.1) is 0 Å². The van der Waals surface area contributed by atoms with Crippen LogP contribution in [0.15, 0.2) is 42.5 Å². The van der Waals surface area contributed by atoms with Gasteiger partial charge in [-0.15, -0.1) is 0 Å². The second kappa shape index (κ2) is 8.97. The fraction of sp³-hybridized carbons (Fsp3) is 0.467. The highest BCUT2D eigenvalue weighted by atomic mass is 16.3. The van der Waals surface area contributed by atoms with Crippen LogP contribution in [0.3, 0.4) is 0 Å². The molecule has 0 spiro atoms. The average Bonchev–Trinajstić information content (AvgIpc) is 2.33. The molecule has 0 bridgehead atoms. The van der Waals surface area contributed by atoms with Gasteiger partial charge in [-0.25, -0.2) is 0 Å². The van der Waals surface area contributed by atoms with Crippen molar-refractivity contribution in [2.45, 2.75) is 38.8 Å². The molecule has 2 heteroatoms. The molecule has 0 aliphatic heterocycles. The van der Waals surface area contributed by atoms with Crippen LogP contribution in [-0.4, -0.2) is 17.8 Å². The van der Waals surface area contributed by atoms with Crippen molar-refractivity contribution in [2.75, 3.05) is 6.54 Å². The van der Waals surface area contributed by atoms with Gasteiger partial charge in [0.2, 0.25) is 0 Å². The van der Waals surface area contributed by atoms with E-state index in [2.05, 4.69) is 35.7 Å². The second-order valence-electron chi connectivity index (χ2n) is 4.33. The molecule has 1 rings (SSSR count). The van der Waals surface area contributed by atoms with Gasteiger partial charge in [-0.3, -0.25) is 0 Å². The van der Waals surface area contributed by atoms with Gasteiger partial charge in [-0.05, 0) is 38.3 Å². The Morgan fingerprint density at radius 1 is 1.24 bits per heavy atom. The van der Waals surface area contributed by atoms with Gasteiger partial charge in [0.25, 0.3) is 0 Å². The molecule has 2 nitrogen and oxygen atoms in total. The number of unbranched alkanes of at least 4 members (excludes halogenated alkanes) is 2. The molecular weight excluding hydrogens is 210 g/mol. The van der Waals surface area contributed by atoms with E-state index >= 15 is 0 Å². The van der Waals surface area contributed by atoms with E-state index in [1.54, 1.807) is 6.92 Å². The zero-order chi connectivity index (χ0) is 12.3. The predicted molar refractivity (Wildman–Crippen MR) is 72.8 cm³/mol. The topological polar surface area (TPSA) is 32.3 Å². The van der Waals surface area contributed by atoms with Crippen LogP contribution in [-0.2, 0) is 6.54 Å². The van der Waals surface area contributed by atoms with E-state index in [0.717, 1.165) is 19.5 Å². The maximum atomic E-state index is 9.02. The number of rotatable bonds is 8. The van der Waals surface area contributed by atoms with E-state index in [1.807, 2.05) is 12.1 Å². The van der Waals surface area contributed by atoms with Gasteiger partial charge in [0.05, 0.1) is 6.10 Å². The minimum Gasteiger partial charge on any atom is -0.389 e. The minimum atomic E-state index is -0.314. The van der Waals surface area contributed by atoms with E-state index in [9.17, 15) is 0 Å². The first-order valence-electron chi connectivity index (χ1n) is 6.38. The molecule has 0 unspecified atom stereocenters. The molecule has 0 heterocycles. The Hall–Kier alpha value is -1.12. The summed E-state index contributed by atoms with van der Waals surface area (Å²) in [7, 11) is 0. The number of aliphatic hydroxyl groups is 1. The van der Waals surface area contributed by atoms with Crippen molar-refractivity contribution >= 4 is 0 Å². The fourth-order valence-electron chi connectivity index (χ4n) is 1.63. The molecule has 17 heavy (non-hydrogen) atoms. The maximum absolute atomic E-state index is 9.02. The fourth-order valence-corrected chi connectivity index (χ4v) is 1.63. The van der Waals surface area contributed by atoms with Gasteiger partial charge in [0.1, 0.15) is 0 Å². The number of allylic oxidation sites excluding steroid dienone is 1. The van der Waals surface area contributed by atoms with E-state index < -0.39 is 0 Å². The van der Waals surface area contributed by atoms with Crippen molar-refractivity contribution in [3.63, 3.8) is 0 Å². The Morgan fingerprint density at radius 2 is 2.00 bits per heavy atom. The van der Waals surface area contributed by atoms with Crippen LogP contribution in [0.1, 0.15) is 31.7 Å². The van der Waals surface area contributed by atoms with E-state index in [-0.39, 0.29) is 6.10 Å². The molecule has 0 radical (unpaired) electrons. The predicted octanol–water partition coefficient (Wildman–Crippen LogP) is 2.88. The Kier molecular flexibility index (Phi) is 7.35. The summed E-state index contributed by atoms with van der Waals surface area (Å²) in [5.41, 5.74) is 1.33. The van der Waals surface area contributed by atoms with Crippen molar-refractivity contribution in [1.29, 1.82) is 0 Å². The summed E-state index contributed by atoms with van der Waals surface area (Å²) in [6.07, 6.45) is 6.99. The van der Waals surface area contributed by atoms with Gasteiger partial charge >= 0.3 is 0 Å². The van der Waals surface area contributed by atoms with Crippen molar-refractivity contribution < 1.29 is 5.11 Å². The summed E-state index contributed by atoms with van der Waals surface area (Å²) in [5, 5.41) is 12.4. The molecule has 0 aromatic heterocycles. The average molecular weight is 233 g/mol. The molecule has 0 aliphatic carbocycles. The maximum Gasteiger partial charge on any atom is 0.0692 e. The van der Waals surface area contributed by atoms with E-state index in [1.165, 1.54) is 18.4 Å².